The van der Waals surface area contributed by atoms with Gasteiger partial charge in [-0.1, -0.05) is 35.8 Å². The average molecular weight is 298 g/mol. The van der Waals surface area contributed by atoms with Gasteiger partial charge in [0.05, 0.1) is 6.10 Å². The lowest BCUT2D eigenvalue weighted by Crippen LogP contribution is -2.61. The smallest absolute Gasteiger partial charge is 0.251 e. The van der Waals surface area contributed by atoms with Crippen LogP contribution in [0.1, 0.15) is 30.6 Å². The van der Waals surface area contributed by atoms with Crippen molar-refractivity contribution in [2.75, 3.05) is 0 Å². The van der Waals surface area contributed by atoms with E-state index in [4.69, 9.17) is 0 Å². The van der Waals surface area contributed by atoms with Gasteiger partial charge in [0.1, 0.15) is 0 Å². The van der Waals surface area contributed by atoms with Crippen molar-refractivity contribution in [3.05, 3.63) is 34.3 Å². The minimum Gasteiger partial charge on any atom is -0.392 e. The predicted molar refractivity (Wildman–Crippen MR) is 69.8 cm³/mol. The minimum absolute atomic E-state index is 0.0454. The summed E-state index contributed by atoms with van der Waals surface area (Å²) in [6.45, 7) is 3.93. The van der Waals surface area contributed by atoms with Crippen LogP contribution in [0.15, 0.2) is 28.7 Å². The summed E-state index contributed by atoms with van der Waals surface area (Å²) in [6.07, 6.45) is 0.308. The summed E-state index contributed by atoms with van der Waals surface area (Å²) < 4.78 is 0.887. The molecule has 92 valence electrons. The van der Waals surface area contributed by atoms with Crippen molar-refractivity contribution in [2.24, 2.45) is 5.41 Å². The van der Waals surface area contributed by atoms with Gasteiger partial charge in [-0.15, -0.1) is 0 Å². The van der Waals surface area contributed by atoms with E-state index in [1.54, 1.807) is 12.1 Å². The fourth-order valence-electron chi connectivity index (χ4n) is 2.02. The molecule has 1 amide bonds. The van der Waals surface area contributed by atoms with Gasteiger partial charge >= 0.3 is 0 Å². The van der Waals surface area contributed by atoms with Crippen LogP contribution in [-0.4, -0.2) is 23.2 Å². The van der Waals surface area contributed by atoms with Gasteiger partial charge in [0.2, 0.25) is 0 Å². The number of amides is 1. The van der Waals surface area contributed by atoms with Crippen LogP contribution < -0.4 is 5.32 Å². The second-order valence-electron chi connectivity index (χ2n) is 5.11. The molecule has 0 bridgehead atoms. The Morgan fingerprint density at radius 1 is 1.53 bits per heavy atom. The number of hydrogen-bond acceptors (Lipinski definition) is 2. The summed E-state index contributed by atoms with van der Waals surface area (Å²) in [5.74, 6) is -0.0868. The Balaban J connectivity index is 2.04. The van der Waals surface area contributed by atoms with Crippen molar-refractivity contribution in [1.29, 1.82) is 0 Å². The Kier molecular flexibility index (Phi) is 3.27. The van der Waals surface area contributed by atoms with Gasteiger partial charge < -0.3 is 10.4 Å². The Labute approximate surface area is 109 Å². The Morgan fingerprint density at radius 2 is 2.24 bits per heavy atom. The third-order valence-corrected chi connectivity index (χ3v) is 4.10. The molecular weight excluding hydrogens is 282 g/mol. The molecule has 1 aromatic rings. The quantitative estimate of drug-likeness (QED) is 0.880. The number of aliphatic hydroxyl groups excluding tert-OH is 1. The zero-order valence-electron chi connectivity index (χ0n) is 9.90. The maximum atomic E-state index is 12.0. The number of nitrogens with one attached hydrogen (secondary N) is 1. The van der Waals surface area contributed by atoms with E-state index in [9.17, 15) is 9.90 Å². The van der Waals surface area contributed by atoms with E-state index in [1.807, 2.05) is 26.0 Å². The highest BCUT2D eigenvalue weighted by Gasteiger charge is 2.47. The summed E-state index contributed by atoms with van der Waals surface area (Å²) in [4.78, 5) is 12.0. The SMILES string of the molecule is CC1(C)C(O)CC1NC(=O)c1cccc(Br)c1. The second-order valence-corrected chi connectivity index (χ2v) is 6.02. The van der Waals surface area contributed by atoms with Crippen molar-refractivity contribution in [3.63, 3.8) is 0 Å². The molecule has 1 fully saturated rings. The first kappa shape index (κ1) is 12.6. The van der Waals surface area contributed by atoms with Crippen LogP contribution in [0.25, 0.3) is 0 Å². The fourth-order valence-corrected chi connectivity index (χ4v) is 2.42. The number of hydrogen-bond donors (Lipinski definition) is 2. The molecule has 17 heavy (non-hydrogen) atoms. The van der Waals surface area contributed by atoms with Crippen molar-refractivity contribution >= 4 is 21.8 Å². The van der Waals surface area contributed by atoms with Crippen LogP contribution in [0.3, 0.4) is 0 Å². The molecule has 1 aliphatic rings. The van der Waals surface area contributed by atoms with E-state index in [0.717, 1.165) is 4.47 Å². The van der Waals surface area contributed by atoms with Gasteiger partial charge in [0.25, 0.3) is 5.91 Å². The average Bonchev–Trinajstić information content (AvgIpc) is 2.28. The predicted octanol–water partition coefficient (Wildman–Crippen LogP) is 2.34. The summed E-state index contributed by atoms with van der Waals surface area (Å²) in [5, 5.41) is 12.6. The van der Waals surface area contributed by atoms with E-state index in [1.165, 1.54) is 0 Å². The molecule has 0 aromatic heterocycles. The number of carbonyl (C=O) groups is 1. The molecule has 0 aliphatic heterocycles. The number of halogens is 1. The molecule has 0 spiro atoms. The normalized spacial score (nSPS) is 26.1. The molecule has 2 unspecified atom stereocenters. The summed E-state index contributed by atoms with van der Waals surface area (Å²) >= 11 is 3.34. The first-order valence-electron chi connectivity index (χ1n) is 5.66. The lowest BCUT2D eigenvalue weighted by Gasteiger charge is -2.49. The topological polar surface area (TPSA) is 49.3 Å². The molecule has 3 nitrogen and oxygen atoms in total. The third kappa shape index (κ3) is 2.38. The van der Waals surface area contributed by atoms with Crippen molar-refractivity contribution in [3.8, 4) is 0 Å². The summed E-state index contributed by atoms with van der Waals surface area (Å²) in [6, 6.07) is 7.33. The number of benzene rings is 1. The molecular formula is C13H16BrNO2. The zero-order chi connectivity index (χ0) is 12.6. The Bertz CT molecular complexity index is 445. The first-order chi connectivity index (χ1) is 7.91. The molecule has 4 heteroatoms. The van der Waals surface area contributed by atoms with Crippen LogP contribution in [0, 0.1) is 5.41 Å². The standard InChI is InChI=1S/C13H16BrNO2/c1-13(2)10(7-11(13)16)15-12(17)8-4-3-5-9(14)6-8/h3-6,10-11,16H,7H2,1-2H3,(H,15,17). The summed E-state index contributed by atoms with van der Waals surface area (Å²) in [5.41, 5.74) is 0.401. The van der Waals surface area contributed by atoms with E-state index in [2.05, 4.69) is 21.2 Å². The number of aliphatic hydroxyl groups is 1. The van der Waals surface area contributed by atoms with Crippen molar-refractivity contribution < 1.29 is 9.90 Å². The van der Waals surface area contributed by atoms with Crippen molar-refractivity contribution in [1.82, 2.24) is 5.32 Å². The highest BCUT2D eigenvalue weighted by molar-refractivity contribution is 9.10. The Hall–Kier alpha value is -0.870. The van der Waals surface area contributed by atoms with Crippen molar-refractivity contribution in [2.45, 2.75) is 32.4 Å². The zero-order valence-corrected chi connectivity index (χ0v) is 11.5. The Morgan fingerprint density at radius 3 is 2.76 bits per heavy atom. The molecule has 1 saturated carbocycles. The van der Waals surface area contributed by atoms with Crippen LogP contribution in [0.5, 0.6) is 0 Å². The first-order valence-corrected chi connectivity index (χ1v) is 6.45. The van der Waals surface area contributed by atoms with E-state index >= 15 is 0 Å². The second kappa shape index (κ2) is 4.42. The van der Waals surface area contributed by atoms with E-state index < -0.39 is 0 Å². The van der Waals surface area contributed by atoms with Gasteiger partial charge in [-0.05, 0) is 24.6 Å². The van der Waals surface area contributed by atoms with E-state index in [-0.39, 0.29) is 23.5 Å². The summed E-state index contributed by atoms with van der Waals surface area (Å²) in [7, 11) is 0. The van der Waals surface area contributed by atoms with Crippen LogP contribution >= 0.6 is 15.9 Å². The fraction of sp³-hybridized carbons (Fsp3) is 0.462. The molecule has 2 atom stereocenters. The van der Waals surface area contributed by atoms with Gasteiger partial charge in [-0.2, -0.15) is 0 Å². The van der Waals surface area contributed by atoms with Crippen LogP contribution in [0.4, 0.5) is 0 Å². The monoisotopic (exact) mass is 297 g/mol. The molecule has 0 radical (unpaired) electrons. The van der Waals surface area contributed by atoms with Gasteiger partial charge in [0, 0.05) is 21.5 Å². The van der Waals surface area contributed by atoms with Crippen LogP contribution in [0.2, 0.25) is 0 Å². The number of rotatable bonds is 2. The molecule has 2 rings (SSSR count). The highest BCUT2D eigenvalue weighted by atomic mass is 79.9. The highest BCUT2D eigenvalue weighted by Crippen LogP contribution is 2.40. The lowest BCUT2D eigenvalue weighted by atomic mass is 9.64. The van der Waals surface area contributed by atoms with Gasteiger partial charge in [-0.25, -0.2) is 0 Å². The largest absolute Gasteiger partial charge is 0.392 e. The van der Waals surface area contributed by atoms with Gasteiger partial charge in [-0.3, -0.25) is 4.79 Å². The molecule has 0 saturated heterocycles. The minimum atomic E-state index is -0.324. The number of carbonyl (C=O) groups excluding carboxylic acids is 1. The van der Waals surface area contributed by atoms with Gasteiger partial charge in [0.15, 0.2) is 0 Å². The third-order valence-electron chi connectivity index (χ3n) is 3.61. The molecule has 0 heterocycles. The maximum absolute atomic E-state index is 12.0. The lowest BCUT2D eigenvalue weighted by molar-refractivity contribution is -0.0689. The molecule has 1 aromatic carbocycles. The maximum Gasteiger partial charge on any atom is 0.251 e. The molecule has 2 N–H and O–H groups in total. The molecule has 1 aliphatic carbocycles. The van der Waals surface area contributed by atoms with Crippen LogP contribution in [-0.2, 0) is 0 Å². The van der Waals surface area contributed by atoms with E-state index in [0.29, 0.717) is 12.0 Å².